The Bertz CT molecular complexity index is 1090. The van der Waals surface area contributed by atoms with Gasteiger partial charge in [0.05, 0.1) is 30.6 Å². The number of carbonyl (C=O) groups excluding carboxylic acids is 1. The van der Waals surface area contributed by atoms with Crippen molar-refractivity contribution in [3.05, 3.63) is 59.2 Å². The summed E-state index contributed by atoms with van der Waals surface area (Å²) in [6.45, 7) is 3.60. The van der Waals surface area contributed by atoms with Crippen molar-refractivity contribution in [1.82, 2.24) is 20.0 Å². The molecule has 168 valence electrons. The third-order valence-corrected chi connectivity index (χ3v) is 5.94. The van der Waals surface area contributed by atoms with E-state index in [1.807, 2.05) is 30.3 Å². The number of para-hydroxylation sites is 1. The van der Waals surface area contributed by atoms with E-state index in [2.05, 4.69) is 10.2 Å². The van der Waals surface area contributed by atoms with Gasteiger partial charge in [-0.2, -0.15) is 5.10 Å². The number of hydrogen-bond acceptors (Lipinski definition) is 5. The van der Waals surface area contributed by atoms with E-state index < -0.39 is 0 Å². The van der Waals surface area contributed by atoms with Gasteiger partial charge in [0, 0.05) is 24.7 Å². The van der Waals surface area contributed by atoms with E-state index in [1.165, 1.54) is 12.8 Å². The van der Waals surface area contributed by atoms with Crippen LogP contribution in [0.4, 0.5) is 0 Å². The highest BCUT2D eigenvalue weighted by Gasteiger charge is 2.21. The van der Waals surface area contributed by atoms with Gasteiger partial charge < -0.3 is 19.7 Å². The molecule has 0 unspecified atom stereocenters. The van der Waals surface area contributed by atoms with E-state index in [4.69, 9.17) is 26.2 Å². The van der Waals surface area contributed by atoms with Gasteiger partial charge in [0.15, 0.2) is 0 Å². The lowest BCUT2D eigenvalue weighted by molar-refractivity contribution is 0.0942. The predicted molar refractivity (Wildman–Crippen MR) is 125 cm³/mol. The van der Waals surface area contributed by atoms with Crippen molar-refractivity contribution in [2.24, 2.45) is 0 Å². The Hall–Kier alpha value is -3.03. The SMILES string of the molecule is COc1ccc(-c2cc(C(=O)NCCN3CCCC3)n(-c3ccccc3Cl)n2)c(OC)c1. The zero-order chi connectivity index (χ0) is 22.5. The molecule has 0 saturated carbocycles. The lowest BCUT2D eigenvalue weighted by atomic mass is 10.1. The monoisotopic (exact) mass is 454 g/mol. The molecule has 1 amide bonds. The van der Waals surface area contributed by atoms with Crippen molar-refractivity contribution < 1.29 is 14.3 Å². The van der Waals surface area contributed by atoms with Crippen LogP contribution in [0, 0.1) is 0 Å². The Morgan fingerprint density at radius 3 is 2.59 bits per heavy atom. The van der Waals surface area contributed by atoms with Gasteiger partial charge in [-0.15, -0.1) is 0 Å². The van der Waals surface area contributed by atoms with Crippen LogP contribution < -0.4 is 14.8 Å². The summed E-state index contributed by atoms with van der Waals surface area (Å²) in [7, 11) is 3.19. The molecule has 7 nitrogen and oxygen atoms in total. The van der Waals surface area contributed by atoms with Crippen LogP contribution in [0.5, 0.6) is 11.5 Å². The number of nitrogens with one attached hydrogen (secondary N) is 1. The fourth-order valence-electron chi connectivity index (χ4n) is 3.92. The second-order valence-electron chi connectivity index (χ2n) is 7.65. The van der Waals surface area contributed by atoms with Crippen molar-refractivity contribution in [2.45, 2.75) is 12.8 Å². The molecule has 2 heterocycles. The first-order valence-corrected chi connectivity index (χ1v) is 11.1. The third kappa shape index (κ3) is 4.74. The number of aromatic nitrogens is 2. The third-order valence-electron chi connectivity index (χ3n) is 5.62. The molecule has 2 aromatic carbocycles. The molecule has 1 saturated heterocycles. The maximum absolute atomic E-state index is 13.1. The van der Waals surface area contributed by atoms with Crippen LogP contribution in [0.2, 0.25) is 5.02 Å². The quantitative estimate of drug-likeness (QED) is 0.556. The molecule has 3 aromatic rings. The van der Waals surface area contributed by atoms with Crippen LogP contribution in [-0.2, 0) is 0 Å². The van der Waals surface area contributed by atoms with Crippen LogP contribution in [0.15, 0.2) is 48.5 Å². The Morgan fingerprint density at radius 1 is 1.09 bits per heavy atom. The van der Waals surface area contributed by atoms with Gasteiger partial charge in [-0.1, -0.05) is 23.7 Å². The first kappa shape index (κ1) is 22.2. The van der Waals surface area contributed by atoms with Gasteiger partial charge in [-0.05, 0) is 56.3 Å². The molecule has 4 rings (SSSR count). The highest BCUT2D eigenvalue weighted by molar-refractivity contribution is 6.32. The number of likely N-dealkylation sites (tertiary alicyclic amines) is 1. The number of methoxy groups -OCH3 is 2. The van der Waals surface area contributed by atoms with Gasteiger partial charge in [-0.3, -0.25) is 4.79 Å². The van der Waals surface area contributed by atoms with Crippen molar-refractivity contribution in [2.75, 3.05) is 40.4 Å². The van der Waals surface area contributed by atoms with Crippen molar-refractivity contribution >= 4 is 17.5 Å². The average Bonchev–Trinajstić information content (AvgIpc) is 3.49. The van der Waals surface area contributed by atoms with Crippen LogP contribution in [-0.4, -0.2) is 61.0 Å². The summed E-state index contributed by atoms with van der Waals surface area (Å²) in [6, 6.07) is 14.6. The molecule has 8 heteroatoms. The molecule has 0 bridgehead atoms. The number of carbonyl (C=O) groups is 1. The van der Waals surface area contributed by atoms with Gasteiger partial charge in [-0.25, -0.2) is 4.68 Å². The fraction of sp³-hybridized carbons (Fsp3) is 0.333. The van der Waals surface area contributed by atoms with E-state index in [1.54, 1.807) is 37.1 Å². The minimum absolute atomic E-state index is 0.199. The molecule has 1 N–H and O–H groups in total. The Morgan fingerprint density at radius 2 is 1.88 bits per heavy atom. The molecular formula is C24H27ClN4O3. The Balaban J connectivity index is 1.67. The van der Waals surface area contributed by atoms with E-state index in [9.17, 15) is 4.79 Å². The molecule has 1 aliphatic heterocycles. The van der Waals surface area contributed by atoms with Gasteiger partial charge in [0.2, 0.25) is 0 Å². The normalized spacial score (nSPS) is 13.8. The summed E-state index contributed by atoms with van der Waals surface area (Å²) in [5, 5.41) is 8.26. The summed E-state index contributed by atoms with van der Waals surface area (Å²) < 4.78 is 12.4. The second-order valence-corrected chi connectivity index (χ2v) is 8.06. The van der Waals surface area contributed by atoms with E-state index in [0.29, 0.717) is 40.1 Å². The van der Waals surface area contributed by atoms with Gasteiger partial charge in [0.1, 0.15) is 17.2 Å². The smallest absolute Gasteiger partial charge is 0.270 e. The largest absolute Gasteiger partial charge is 0.497 e. The number of halogens is 1. The number of benzene rings is 2. The topological polar surface area (TPSA) is 68.6 Å². The van der Waals surface area contributed by atoms with Crippen LogP contribution in [0.3, 0.4) is 0 Å². The second kappa shape index (κ2) is 10.1. The lowest BCUT2D eigenvalue weighted by Crippen LogP contribution is -2.34. The first-order valence-electron chi connectivity index (χ1n) is 10.7. The lowest BCUT2D eigenvalue weighted by Gasteiger charge is -2.15. The number of hydrogen-bond donors (Lipinski definition) is 1. The molecular weight excluding hydrogens is 428 g/mol. The standard InChI is InChI=1S/C24H27ClN4O3/c1-31-17-9-10-18(23(15-17)32-2)20-16-22(24(30)26-11-14-28-12-5-6-13-28)29(27-20)21-8-4-3-7-19(21)25/h3-4,7-10,15-16H,5-6,11-14H2,1-2H3,(H,26,30). The average molecular weight is 455 g/mol. The fourth-order valence-corrected chi connectivity index (χ4v) is 4.13. The molecule has 0 radical (unpaired) electrons. The predicted octanol–water partition coefficient (Wildman–Crippen LogP) is 4.04. The first-order chi connectivity index (χ1) is 15.6. The summed E-state index contributed by atoms with van der Waals surface area (Å²) in [5.74, 6) is 1.08. The zero-order valence-electron chi connectivity index (χ0n) is 18.3. The van der Waals surface area contributed by atoms with E-state index >= 15 is 0 Å². The molecule has 1 aliphatic rings. The minimum atomic E-state index is -0.199. The minimum Gasteiger partial charge on any atom is -0.497 e. The molecule has 0 aliphatic carbocycles. The number of ether oxygens (including phenoxy) is 2. The van der Waals surface area contributed by atoms with Crippen LogP contribution in [0.25, 0.3) is 16.9 Å². The number of nitrogens with zero attached hydrogens (tertiary/aromatic N) is 3. The van der Waals surface area contributed by atoms with Crippen molar-refractivity contribution in [3.63, 3.8) is 0 Å². The van der Waals surface area contributed by atoms with Crippen LogP contribution in [0.1, 0.15) is 23.3 Å². The molecule has 0 atom stereocenters. The molecule has 1 aromatic heterocycles. The molecule has 1 fully saturated rings. The summed E-state index contributed by atoms with van der Waals surface area (Å²) in [6.07, 6.45) is 2.44. The highest BCUT2D eigenvalue weighted by atomic mass is 35.5. The highest BCUT2D eigenvalue weighted by Crippen LogP contribution is 2.34. The van der Waals surface area contributed by atoms with E-state index in [-0.39, 0.29) is 5.91 Å². The maximum atomic E-state index is 13.1. The van der Waals surface area contributed by atoms with Crippen molar-refractivity contribution in [1.29, 1.82) is 0 Å². The summed E-state index contributed by atoms with van der Waals surface area (Å²) >= 11 is 6.44. The molecule has 0 spiro atoms. The number of rotatable bonds is 8. The van der Waals surface area contributed by atoms with Gasteiger partial charge >= 0.3 is 0 Å². The summed E-state index contributed by atoms with van der Waals surface area (Å²) in [4.78, 5) is 15.5. The van der Waals surface area contributed by atoms with E-state index in [0.717, 1.165) is 25.2 Å². The Kier molecular flexibility index (Phi) is 6.97. The molecule has 32 heavy (non-hydrogen) atoms. The number of amides is 1. The van der Waals surface area contributed by atoms with Crippen LogP contribution >= 0.6 is 11.6 Å². The van der Waals surface area contributed by atoms with Gasteiger partial charge in [0.25, 0.3) is 5.91 Å². The maximum Gasteiger partial charge on any atom is 0.270 e. The van der Waals surface area contributed by atoms with Crippen molar-refractivity contribution in [3.8, 4) is 28.4 Å². The zero-order valence-corrected chi connectivity index (χ0v) is 19.1. The Labute approximate surface area is 192 Å². The summed E-state index contributed by atoms with van der Waals surface area (Å²) in [5.41, 5.74) is 2.41.